The highest BCUT2D eigenvalue weighted by atomic mass is 16.3. The van der Waals surface area contributed by atoms with Gasteiger partial charge in [0.1, 0.15) is 0 Å². The Morgan fingerprint density at radius 3 is 2.00 bits per heavy atom. The van der Waals surface area contributed by atoms with Gasteiger partial charge >= 0.3 is 0 Å². The summed E-state index contributed by atoms with van der Waals surface area (Å²) in [5, 5.41) is 9.20. The second kappa shape index (κ2) is 6.58. The lowest BCUT2D eigenvalue weighted by molar-refractivity contribution is 0.103. The maximum absolute atomic E-state index is 9.20. The Bertz CT molecular complexity index is 190. The molecular weight excluding hydrogens is 200 g/mol. The van der Waals surface area contributed by atoms with E-state index in [0.717, 1.165) is 13.0 Å². The molecule has 0 aromatic carbocycles. The highest BCUT2D eigenvalue weighted by molar-refractivity contribution is 4.84. The average Bonchev–Trinajstić information content (AvgIpc) is 2.12. The molecule has 2 atom stereocenters. The fraction of sp³-hybridized carbons (Fsp3) is 1.00. The van der Waals surface area contributed by atoms with Gasteiger partial charge in [0.2, 0.25) is 0 Å². The summed E-state index contributed by atoms with van der Waals surface area (Å²) in [5.74, 6) is 0.656. The van der Waals surface area contributed by atoms with Crippen LogP contribution >= 0.6 is 0 Å². The van der Waals surface area contributed by atoms with E-state index in [2.05, 4.69) is 39.5 Å². The van der Waals surface area contributed by atoms with Crippen molar-refractivity contribution in [2.24, 2.45) is 11.7 Å². The summed E-state index contributed by atoms with van der Waals surface area (Å²) >= 11 is 0. The van der Waals surface area contributed by atoms with E-state index in [0.29, 0.717) is 18.0 Å². The summed E-state index contributed by atoms with van der Waals surface area (Å²) in [6.45, 7) is 14.1. The number of aliphatic hydroxyl groups excluding tert-OH is 1. The van der Waals surface area contributed by atoms with E-state index >= 15 is 0 Å². The molecule has 16 heavy (non-hydrogen) atoms. The minimum absolute atomic E-state index is 0.0466. The average molecular weight is 230 g/mol. The van der Waals surface area contributed by atoms with Gasteiger partial charge < -0.3 is 10.8 Å². The number of nitrogens with two attached hydrogens (primary N) is 1. The van der Waals surface area contributed by atoms with E-state index < -0.39 is 5.54 Å². The van der Waals surface area contributed by atoms with Crippen molar-refractivity contribution in [3.63, 3.8) is 0 Å². The Hall–Kier alpha value is -0.120. The molecule has 0 spiro atoms. The topological polar surface area (TPSA) is 49.5 Å². The standard InChI is InChI=1S/C13H30N2O/c1-10(2)8-15(11(3)4)12(5)7-13(6,14)9-16/h10-12,16H,7-9,14H2,1-6H3. The van der Waals surface area contributed by atoms with Crippen LogP contribution in [-0.2, 0) is 0 Å². The van der Waals surface area contributed by atoms with Gasteiger partial charge in [0.05, 0.1) is 6.61 Å². The van der Waals surface area contributed by atoms with E-state index in [1.807, 2.05) is 6.92 Å². The lowest BCUT2D eigenvalue weighted by Gasteiger charge is -2.37. The van der Waals surface area contributed by atoms with Crippen molar-refractivity contribution in [3.8, 4) is 0 Å². The van der Waals surface area contributed by atoms with Crippen LogP contribution in [0.5, 0.6) is 0 Å². The molecule has 0 aliphatic heterocycles. The third-order valence-corrected chi connectivity index (χ3v) is 2.93. The quantitative estimate of drug-likeness (QED) is 0.701. The summed E-state index contributed by atoms with van der Waals surface area (Å²) in [6, 6.07) is 0.927. The van der Waals surface area contributed by atoms with Crippen LogP contribution in [0.3, 0.4) is 0 Å². The van der Waals surface area contributed by atoms with Gasteiger partial charge in [0.15, 0.2) is 0 Å². The van der Waals surface area contributed by atoms with Crippen molar-refractivity contribution in [1.29, 1.82) is 0 Å². The SMILES string of the molecule is CC(C)CN(C(C)C)C(C)CC(C)(N)CO. The van der Waals surface area contributed by atoms with E-state index in [9.17, 15) is 5.11 Å². The minimum atomic E-state index is -0.469. The molecule has 0 fully saturated rings. The van der Waals surface area contributed by atoms with Gasteiger partial charge in [-0.3, -0.25) is 4.90 Å². The van der Waals surface area contributed by atoms with Crippen LogP contribution in [-0.4, -0.2) is 40.8 Å². The zero-order valence-electron chi connectivity index (χ0n) is 11.8. The normalized spacial score (nSPS) is 18.2. The maximum atomic E-state index is 9.20. The van der Waals surface area contributed by atoms with Crippen LogP contribution < -0.4 is 5.73 Å². The van der Waals surface area contributed by atoms with Crippen LogP contribution in [0.2, 0.25) is 0 Å². The molecular formula is C13H30N2O. The number of rotatable bonds is 7. The zero-order chi connectivity index (χ0) is 12.9. The molecule has 0 aromatic heterocycles. The Morgan fingerprint density at radius 2 is 1.69 bits per heavy atom. The molecule has 0 saturated heterocycles. The Morgan fingerprint density at radius 1 is 1.19 bits per heavy atom. The van der Waals surface area contributed by atoms with Crippen LogP contribution in [0.15, 0.2) is 0 Å². The van der Waals surface area contributed by atoms with Crippen molar-refractivity contribution in [2.75, 3.05) is 13.2 Å². The van der Waals surface area contributed by atoms with Crippen LogP contribution in [0.1, 0.15) is 48.0 Å². The molecule has 0 saturated carbocycles. The largest absolute Gasteiger partial charge is 0.394 e. The first-order valence-electron chi connectivity index (χ1n) is 6.35. The molecule has 2 unspecified atom stereocenters. The number of nitrogens with zero attached hydrogens (tertiary/aromatic N) is 1. The maximum Gasteiger partial charge on any atom is 0.0609 e. The van der Waals surface area contributed by atoms with Crippen LogP contribution in [0.25, 0.3) is 0 Å². The second-order valence-corrected chi connectivity index (χ2v) is 6.05. The third-order valence-electron chi connectivity index (χ3n) is 2.93. The molecule has 3 heteroatoms. The fourth-order valence-electron chi connectivity index (χ4n) is 2.18. The van der Waals surface area contributed by atoms with E-state index in [1.54, 1.807) is 0 Å². The van der Waals surface area contributed by atoms with Crippen molar-refractivity contribution in [3.05, 3.63) is 0 Å². The van der Waals surface area contributed by atoms with E-state index in [4.69, 9.17) is 5.73 Å². The van der Waals surface area contributed by atoms with Crippen molar-refractivity contribution in [1.82, 2.24) is 4.90 Å². The molecule has 3 N–H and O–H groups in total. The third kappa shape index (κ3) is 5.83. The first kappa shape index (κ1) is 15.9. The zero-order valence-corrected chi connectivity index (χ0v) is 11.8. The second-order valence-electron chi connectivity index (χ2n) is 6.05. The summed E-state index contributed by atoms with van der Waals surface area (Å²) in [7, 11) is 0. The number of hydrogen-bond acceptors (Lipinski definition) is 3. The fourth-order valence-corrected chi connectivity index (χ4v) is 2.18. The number of hydrogen-bond donors (Lipinski definition) is 2. The predicted molar refractivity (Wildman–Crippen MR) is 70.4 cm³/mol. The Balaban J connectivity index is 4.44. The van der Waals surface area contributed by atoms with Crippen molar-refractivity contribution < 1.29 is 5.11 Å². The van der Waals surface area contributed by atoms with Gasteiger partial charge in [-0.15, -0.1) is 0 Å². The van der Waals surface area contributed by atoms with Gasteiger partial charge in [0.25, 0.3) is 0 Å². The van der Waals surface area contributed by atoms with E-state index in [-0.39, 0.29) is 6.61 Å². The number of aliphatic hydroxyl groups is 1. The molecule has 0 aliphatic rings. The summed E-state index contributed by atoms with van der Waals surface area (Å²) < 4.78 is 0. The van der Waals surface area contributed by atoms with Gasteiger partial charge in [-0.1, -0.05) is 13.8 Å². The molecule has 98 valence electrons. The summed E-state index contributed by atoms with van der Waals surface area (Å²) in [5.41, 5.74) is 5.54. The Kier molecular flexibility index (Phi) is 6.53. The highest BCUT2D eigenvalue weighted by Gasteiger charge is 2.26. The smallest absolute Gasteiger partial charge is 0.0609 e. The molecule has 0 radical (unpaired) electrons. The van der Waals surface area contributed by atoms with Crippen molar-refractivity contribution >= 4 is 0 Å². The first-order chi connectivity index (χ1) is 7.19. The lowest BCUT2D eigenvalue weighted by Crippen LogP contribution is -2.49. The molecule has 0 amide bonds. The lowest BCUT2D eigenvalue weighted by atomic mass is 9.94. The van der Waals surface area contributed by atoms with Crippen molar-refractivity contribution in [2.45, 2.75) is 65.6 Å². The minimum Gasteiger partial charge on any atom is -0.394 e. The monoisotopic (exact) mass is 230 g/mol. The summed E-state index contributed by atoms with van der Waals surface area (Å²) in [4.78, 5) is 2.46. The van der Waals surface area contributed by atoms with Gasteiger partial charge in [0, 0.05) is 24.2 Å². The van der Waals surface area contributed by atoms with Crippen LogP contribution in [0.4, 0.5) is 0 Å². The Labute approximate surface area is 101 Å². The summed E-state index contributed by atoms with van der Waals surface area (Å²) in [6.07, 6.45) is 0.828. The molecule has 0 aromatic rings. The van der Waals surface area contributed by atoms with Crippen LogP contribution in [0, 0.1) is 5.92 Å². The predicted octanol–water partition coefficient (Wildman–Crippen LogP) is 1.84. The van der Waals surface area contributed by atoms with Gasteiger partial charge in [-0.05, 0) is 40.0 Å². The van der Waals surface area contributed by atoms with Gasteiger partial charge in [-0.2, -0.15) is 0 Å². The first-order valence-corrected chi connectivity index (χ1v) is 6.35. The van der Waals surface area contributed by atoms with Gasteiger partial charge in [-0.25, -0.2) is 0 Å². The molecule has 0 heterocycles. The molecule has 0 aliphatic carbocycles. The molecule has 3 nitrogen and oxygen atoms in total. The van der Waals surface area contributed by atoms with E-state index in [1.165, 1.54) is 0 Å². The molecule has 0 bridgehead atoms. The molecule has 0 rings (SSSR count). The highest BCUT2D eigenvalue weighted by Crippen LogP contribution is 2.17.